The Morgan fingerprint density at radius 1 is 1.17 bits per heavy atom. The zero-order valence-electron chi connectivity index (χ0n) is 12.6. The SMILES string of the molecule is NC1=NC2(CCc3cccc(Oc4ccc(Cl)cc4)c3C2)CO1. The molecule has 2 aromatic carbocycles. The molecule has 4 rings (SSSR count). The Kier molecular flexibility index (Phi) is 3.42. The average Bonchev–Trinajstić information content (AvgIpc) is 2.91. The van der Waals surface area contributed by atoms with Crippen LogP contribution in [0.4, 0.5) is 0 Å². The fourth-order valence-corrected chi connectivity index (χ4v) is 3.41. The fraction of sp³-hybridized carbons (Fsp3) is 0.278. The molecule has 118 valence electrons. The summed E-state index contributed by atoms with van der Waals surface area (Å²) in [4.78, 5) is 4.54. The Hall–Kier alpha value is -2.20. The third kappa shape index (κ3) is 2.75. The van der Waals surface area contributed by atoms with Crippen molar-refractivity contribution in [2.24, 2.45) is 10.7 Å². The van der Waals surface area contributed by atoms with E-state index in [4.69, 9.17) is 26.8 Å². The minimum absolute atomic E-state index is 0.240. The summed E-state index contributed by atoms with van der Waals surface area (Å²) < 4.78 is 11.5. The van der Waals surface area contributed by atoms with Crippen LogP contribution < -0.4 is 10.5 Å². The zero-order valence-corrected chi connectivity index (χ0v) is 13.3. The predicted molar refractivity (Wildman–Crippen MR) is 90.3 cm³/mol. The molecule has 0 radical (unpaired) electrons. The molecule has 23 heavy (non-hydrogen) atoms. The molecule has 2 N–H and O–H groups in total. The lowest BCUT2D eigenvalue weighted by Gasteiger charge is -2.31. The fourth-order valence-electron chi connectivity index (χ4n) is 3.28. The van der Waals surface area contributed by atoms with Crippen molar-refractivity contribution >= 4 is 17.6 Å². The van der Waals surface area contributed by atoms with E-state index in [1.165, 1.54) is 11.1 Å². The van der Waals surface area contributed by atoms with Gasteiger partial charge in [-0.15, -0.1) is 0 Å². The Bertz CT molecular complexity index is 773. The molecule has 0 saturated carbocycles. The van der Waals surface area contributed by atoms with Crippen LogP contribution in [0.1, 0.15) is 17.5 Å². The Balaban J connectivity index is 1.66. The maximum atomic E-state index is 6.08. The smallest absolute Gasteiger partial charge is 0.282 e. The second-order valence-corrected chi connectivity index (χ2v) is 6.53. The number of hydrogen-bond donors (Lipinski definition) is 1. The molecule has 4 nitrogen and oxygen atoms in total. The van der Waals surface area contributed by atoms with E-state index in [9.17, 15) is 0 Å². The van der Waals surface area contributed by atoms with E-state index in [1.807, 2.05) is 36.4 Å². The third-order valence-electron chi connectivity index (χ3n) is 4.47. The van der Waals surface area contributed by atoms with Crippen molar-refractivity contribution in [3.63, 3.8) is 0 Å². The lowest BCUT2D eigenvalue weighted by atomic mass is 9.78. The molecule has 1 aliphatic heterocycles. The Morgan fingerprint density at radius 3 is 2.74 bits per heavy atom. The molecule has 0 saturated heterocycles. The van der Waals surface area contributed by atoms with Gasteiger partial charge in [0.1, 0.15) is 23.6 Å². The van der Waals surface area contributed by atoms with Crippen LogP contribution in [-0.4, -0.2) is 18.2 Å². The first kappa shape index (κ1) is 14.4. The average molecular weight is 329 g/mol. The van der Waals surface area contributed by atoms with Crippen molar-refractivity contribution in [3.05, 3.63) is 58.6 Å². The predicted octanol–water partition coefficient (Wildman–Crippen LogP) is 3.70. The maximum absolute atomic E-state index is 6.08. The first-order valence-electron chi connectivity index (χ1n) is 7.66. The highest BCUT2D eigenvalue weighted by molar-refractivity contribution is 6.30. The van der Waals surface area contributed by atoms with Gasteiger partial charge in [-0.3, -0.25) is 0 Å². The summed E-state index contributed by atoms with van der Waals surface area (Å²) in [5.41, 5.74) is 7.98. The van der Waals surface area contributed by atoms with Crippen LogP contribution in [-0.2, 0) is 17.6 Å². The van der Waals surface area contributed by atoms with Crippen LogP contribution in [0.5, 0.6) is 11.5 Å². The van der Waals surface area contributed by atoms with Gasteiger partial charge >= 0.3 is 0 Å². The van der Waals surface area contributed by atoms with E-state index in [0.29, 0.717) is 17.7 Å². The molecule has 1 unspecified atom stereocenters. The zero-order chi connectivity index (χ0) is 15.9. The molecule has 2 aromatic rings. The number of nitrogens with zero attached hydrogens (tertiary/aromatic N) is 1. The summed E-state index contributed by atoms with van der Waals surface area (Å²) in [7, 11) is 0. The minimum Gasteiger partial charge on any atom is -0.463 e. The number of fused-ring (bicyclic) bond motifs is 1. The van der Waals surface area contributed by atoms with Crippen molar-refractivity contribution in [2.45, 2.75) is 24.8 Å². The van der Waals surface area contributed by atoms with Crippen LogP contribution in [0.3, 0.4) is 0 Å². The van der Waals surface area contributed by atoms with Crippen molar-refractivity contribution < 1.29 is 9.47 Å². The number of halogens is 1. The van der Waals surface area contributed by atoms with Crippen molar-refractivity contribution in [1.82, 2.24) is 0 Å². The summed E-state index contributed by atoms with van der Waals surface area (Å²) in [6, 6.07) is 13.9. The Morgan fingerprint density at radius 2 is 2.00 bits per heavy atom. The van der Waals surface area contributed by atoms with Crippen molar-refractivity contribution in [2.75, 3.05) is 6.61 Å². The van der Waals surface area contributed by atoms with Gasteiger partial charge in [0, 0.05) is 17.0 Å². The van der Waals surface area contributed by atoms with Gasteiger partial charge in [-0.2, -0.15) is 0 Å². The largest absolute Gasteiger partial charge is 0.463 e. The lowest BCUT2D eigenvalue weighted by molar-refractivity contribution is 0.233. The standard InChI is InChI=1S/C18H17ClN2O2/c19-13-4-6-14(7-5-13)23-16-3-1-2-12-8-9-18(10-15(12)16)11-22-17(20)21-18/h1-7H,8-11H2,(H2,20,21). The molecule has 5 heteroatoms. The van der Waals surface area contributed by atoms with E-state index in [1.54, 1.807) is 0 Å². The highest BCUT2D eigenvalue weighted by Gasteiger charge is 2.40. The molecule has 1 spiro atoms. The topological polar surface area (TPSA) is 56.8 Å². The first-order chi connectivity index (χ1) is 11.1. The van der Waals surface area contributed by atoms with Gasteiger partial charge in [0.2, 0.25) is 0 Å². The Labute approximate surface area is 139 Å². The van der Waals surface area contributed by atoms with Gasteiger partial charge < -0.3 is 15.2 Å². The monoisotopic (exact) mass is 328 g/mol. The summed E-state index contributed by atoms with van der Waals surface area (Å²) in [6.07, 6.45) is 2.69. The molecule has 1 atom stereocenters. The van der Waals surface area contributed by atoms with E-state index < -0.39 is 0 Å². The normalized spacial score (nSPS) is 22.4. The highest BCUT2D eigenvalue weighted by Crippen LogP contribution is 2.39. The van der Waals surface area contributed by atoms with Gasteiger partial charge in [0.25, 0.3) is 6.02 Å². The molecule has 1 aliphatic carbocycles. The highest BCUT2D eigenvalue weighted by atomic mass is 35.5. The molecule has 0 amide bonds. The number of amidine groups is 1. The number of aliphatic imine (C=N–C) groups is 1. The second-order valence-electron chi connectivity index (χ2n) is 6.09. The van der Waals surface area contributed by atoms with Crippen LogP contribution in [0.25, 0.3) is 0 Å². The summed E-state index contributed by atoms with van der Waals surface area (Å²) in [5, 5.41) is 0.694. The molecular formula is C18H17ClN2O2. The van der Waals surface area contributed by atoms with E-state index in [0.717, 1.165) is 30.8 Å². The molecular weight excluding hydrogens is 312 g/mol. The molecule has 0 bridgehead atoms. The van der Waals surface area contributed by atoms with Gasteiger partial charge in [0.05, 0.1) is 0 Å². The summed E-state index contributed by atoms with van der Waals surface area (Å²) >= 11 is 5.93. The van der Waals surface area contributed by atoms with Crippen LogP contribution in [0.2, 0.25) is 5.02 Å². The van der Waals surface area contributed by atoms with E-state index in [-0.39, 0.29) is 5.54 Å². The first-order valence-corrected chi connectivity index (χ1v) is 8.04. The van der Waals surface area contributed by atoms with E-state index in [2.05, 4.69) is 11.1 Å². The van der Waals surface area contributed by atoms with Crippen LogP contribution >= 0.6 is 11.6 Å². The van der Waals surface area contributed by atoms with Gasteiger partial charge in [0.15, 0.2) is 0 Å². The maximum Gasteiger partial charge on any atom is 0.282 e. The van der Waals surface area contributed by atoms with Gasteiger partial charge in [-0.05, 0) is 48.7 Å². The number of aryl methyl sites for hydroxylation is 1. The van der Waals surface area contributed by atoms with Gasteiger partial charge in [-0.25, -0.2) is 4.99 Å². The molecule has 0 aromatic heterocycles. The van der Waals surface area contributed by atoms with Crippen molar-refractivity contribution in [3.8, 4) is 11.5 Å². The van der Waals surface area contributed by atoms with E-state index >= 15 is 0 Å². The number of ether oxygens (including phenoxy) is 2. The number of nitrogens with two attached hydrogens (primary N) is 1. The number of hydrogen-bond acceptors (Lipinski definition) is 4. The summed E-state index contributed by atoms with van der Waals surface area (Å²) in [5.74, 6) is 1.64. The lowest BCUT2D eigenvalue weighted by Crippen LogP contribution is -2.35. The number of rotatable bonds is 2. The quantitative estimate of drug-likeness (QED) is 0.914. The minimum atomic E-state index is -0.240. The third-order valence-corrected chi connectivity index (χ3v) is 4.73. The van der Waals surface area contributed by atoms with Crippen LogP contribution in [0.15, 0.2) is 47.5 Å². The van der Waals surface area contributed by atoms with Crippen molar-refractivity contribution in [1.29, 1.82) is 0 Å². The molecule has 0 fully saturated rings. The van der Waals surface area contributed by atoms with Crippen LogP contribution in [0, 0.1) is 0 Å². The molecule has 1 heterocycles. The molecule has 2 aliphatic rings. The summed E-state index contributed by atoms with van der Waals surface area (Å²) in [6.45, 7) is 0.549. The van der Waals surface area contributed by atoms with Gasteiger partial charge in [-0.1, -0.05) is 23.7 Å². The number of benzene rings is 2. The second kappa shape index (κ2) is 5.46.